The van der Waals surface area contributed by atoms with Crippen molar-refractivity contribution in [1.29, 1.82) is 0 Å². The molecule has 2 amide bonds. The van der Waals surface area contributed by atoms with Gasteiger partial charge in [-0.1, -0.05) is 6.58 Å². The van der Waals surface area contributed by atoms with Gasteiger partial charge < -0.3 is 15.2 Å². The Morgan fingerprint density at radius 2 is 2.03 bits per heavy atom. The lowest BCUT2D eigenvalue weighted by atomic mass is 10.1. The lowest BCUT2D eigenvalue weighted by Crippen LogP contribution is -2.25. The van der Waals surface area contributed by atoms with Gasteiger partial charge in [-0.3, -0.25) is 9.59 Å². The summed E-state index contributed by atoms with van der Waals surface area (Å²) in [5.74, 6) is 0.0764. The Kier molecular flexibility index (Phi) is 6.54. The number of nitrogens with one attached hydrogen (secondary N) is 2. The van der Waals surface area contributed by atoms with E-state index in [-0.39, 0.29) is 5.91 Å². The highest BCUT2D eigenvalue weighted by Gasteiger charge is 2.14. The molecule has 0 unspecified atom stereocenters. The number of fused-ring (bicyclic) bond motifs is 2. The third-order valence-electron chi connectivity index (χ3n) is 5.40. The summed E-state index contributed by atoms with van der Waals surface area (Å²) in [7, 11) is 0. The topological polar surface area (TPSA) is 108 Å². The molecule has 0 radical (unpaired) electrons. The maximum Gasteiger partial charge on any atom is 0.245 e. The second-order valence-corrected chi connectivity index (χ2v) is 7.43. The molecule has 9 heteroatoms. The van der Waals surface area contributed by atoms with Crippen molar-refractivity contribution >= 4 is 28.9 Å². The first kappa shape index (κ1) is 21.2. The maximum atomic E-state index is 10.8. The zero-order valence-electron chi connectivity index (χ0n) is 17.7. The van der Waals surface area contributed by atoms with E-state index in [4.69, 9.17) is 0 Å². The van der Waals surface area contributed by atoms with Crippen molar-refractivity contribution in [3.05, 3.63) is 61.2 Å². The second-order valence-electron chi connectivity index (χ2n) is 7.43. The zero-order chi connectivity index (χ0) is 22.3. The third-order valence-corrected chi connectivity index (χ3v) is 5.40. The van der Waals surface area contributed by atoms with Crippen LogP contribution in [0.4, 0.5) is 0 Å². The van der Waals surface area contributed by atoms with Crippen LogP contribution in [0.3, 0.4) is 0 Å². The van der Waals surface area contributed by atoms with Crippen LogP contribution in [0.1, 0.15) is 18.5 Å². The summed E-state index contributed by atoms with van der Waals surface area (Å²) in [5, 5.41) is 12.2. The molecule has 164 valence electrons. The molecular weight excluding hydrogens is 406 g/mol. The maximum absolute atomic E-state index is 10.8. The molecule has 1 aliphatic heterocycles. The van der Waals surface area contributed by atoms with Crippen LogP contribution >= 0.6 is 0 Å². The molecule has 1 aliphatic rings. The normalized spacial score (nSPS) is 13.1. The van der Waals surface area contributed by atoms with E-state index in [9.17, 15) is 9.59 Å². The number of aromatic nitrogens is 5. The molecule has 1 fully saturated rings. The van der Waals surface area contributed by atoms with Gasteiger partial charge in [0.05, 0.1) is 11.7 Å². The minimum Gasteiger partial charge on any atom is -0.358 e. The molecule has 2 N–H and O–H groups in total. The minimum absolute atomic E-state index is 0.0764. The standard InChI is InChI=1S/C16H14N6O.C7H11NO/c23-10-17-6-3-11-8-13-12(4-7-18-16(13)21-11)14-9-20-22-15(14)2-1-5-19-22;1-2-7(9)8-5-3-4-6-8/h1-2,4-5,7-10H,3,6H2,(H,17,23)(H,18,21);2H,1,3-6H2. The molecule has 0 aromatic carbocycles. The third kappa shape index (κ3) is 4.51. The molecule has 5 heterocycles. The van der Waals surface area contributed by atoms with Crippen molar-refractivity contribution in [1.82, 2.24) is 35.0 Å². The van der Waals surface area contributed by atoms with Gasteiger partial charge >= 0.3 is 0 Å². The lowest BCUT2D eigenvalue weighted by Gasteiger charge is -2.10. The quantitative estimate of drug-likeness (QED) is 0.277. The highest BCUT2D eigenvalue weighted by molar-refractivity contribution is 5.97. The van der Waals surface area contributed by atoms with E-state index < -0.39 is 0 Å². The highest BCUT2D eigenvalue weighted by atomic mass is 16.2. The summed E-state index contributed by atoms with van der Waals surface area (Å²) in [6.45, 7) is 5.85. The van der Waals surface area contributed by atoms with Crippen LogP contribution in [0.25, 0.3) is 27.7 Å². The van der Waals surface area contributed by atoms with Crippen LogP contribution < -0.4 is 5.32 Å². The van der Waals surface area contributed by atoms with E-state index in [2.05, 4.69) is 38.1 Å². The Bertz CT molecular complexity index is 1240. The minimum atomic E-state index is 0.0764. The zero-order valence-corrected chi connectivity index (χ0v) is 17.7. The van der Waals surface area contributed by atoms with Gasteiger partial charge in [-0.25, -0.2) is 4.98 Å². The van der Waals surface area contributed by atoms with Gasteiger partial charge in [-0.2, -0.15) is 14.8 Å². The van der Waals surface area contributed by atoms with Crippen LogP contribution in [-0.2, 0) is 16.0 Å². The number of H-pyrrole nitrogens is 1. The number of carbonyl (C=O) groups excluding carboxylic acids is 2. The number of hydrogen-bond donors (Lipinski definition) is 2. The number of amides is 2. The summed E-state index contributed by atoms with van der Waals surface area (Å²) in [4.78, 5) is 30.7. The number of likely N-dealkylation sites (tertiary alicyclic amines) is 1. The highest BCUT2D eigenvalue weighted by Crippen LogP contribution is 2.30. The monoisotopic (exact) mass is 431 g/mol. The number of nitrogens with zero attached hydrogens (tertiary/aromatic N) is 5. The molecule has 1 saturated heterocycles. The van der Waals surface area contributed by atoms with Gasteiger partial charge in [0.25, 0.3) is 0 Å². The van der Waals surface area contributed by atoms with Crippen molar-refractivity contribution < 1.29 is 9.59 Å². The summed E-state index contributed by atoms with van der Waals surface area (Å²) >= 11 is 0. The van der Waals surface area contributed by atoms with Crippen molar-refractivity contribution in [2.24, 2.45) is 0 Å². The molecule has 4 aromatic rings. The van der Waals surface area contributed by atoms with Gasteiger partial charge in [0, 0.05) is 55.1 Å². The first-order chi connectivity index (χ1) is 15.7. The van der Waals surface area contributed by atoms with Crippen LogP contribution in [0.2, 0.25) is 0 Å². The predicted molar refractivity (Wildman–Crippen MR) is 122 cm³/mol. The van der Waals surface area contributed by atoms with Crippen molar-refractivity contribution in [2.45, 2.75) is 19.3 Å². The molecule has 0 saturated carbocycles. The second kappa shape index (κ2) is 9.86. The summed E-state index contributed by atoms with van der Waals surface area (Å²) in [6, 6.07) is 7.94. The van der Waals surface area contributed by atoms with Crippen molar-refractivity contribution in [3.63, 3.8) is 0 Å². The van der Waals surface area contributed by atoms with Crippen LogP contribution in [0.5, 0.6) is 0 Å². The van der Waals surface area contributed by atoms with E-state index in [1.807, 2.05) is 29.3 Å². The van der Waals surface area contributed by atoms with E-state index >= 15 is 0 Å². The Morgan fingerprint density at radius 3 is 2.81 bits per heavy atom. The molecular formula is C23H25N7O2. The van der Waals surface area contributed by atoms with Crippen molar-refractivity contribution in [2.75, 3.05) is 19.6 Å². The Balaban J connectivity index is 0.000000230. The van der Waals surface area contributed by atoms with E-state index in [0.29, 0.717) is 13.0 Å². The van der Waals surface area contributed by atoms with Gasteiger partial charge in [0.2, 0.25) is 12.3 Å². The van der Waals surface area contributed by atoms with Crippen LogP contribution in [0.15, 0.2) is 55.5 Å². The van der Waals surface area contributed by atoms with E-state index in [0.717, 1.165) is 65.7 Å². The number of pyridine rings is 1. The first-order valence-electron chi connectivity index (χ1n) is 10.6. The van der Waals surface area contributed by atoms with Gasteiger partial charge in [-0.15, -0.1) is 0 Å². The molecule has 0 aliphatic carbocycles. The fraction of sp³-hybridized carbons (Fsp3) is 0.261. The van der Waals surface area contributed by atoms with Gasteiger partial charge in [-0.05, 0) is 48.7 Å². The Hall–Kier alpha value is -4.01. The average Bonchev–Trinajstić information content (AvgIpc) is 3.58. The summed E-state index contributed by atoms with van der Waals surface area (Å²) in [5.41, 5.74) is 4.88. The number of aromatic amines is 1. The number of hydrogen-bond acceptors (Lipinski definition) is 5. The van der Waals surface area contributed by atoms with Crippen molar-refractivity contribution in [3.8, 4) is 11.1 Å². The average molecular weight is 432 g/mol. The molecule has 32 heavy (non-hydrogen) atoms. The Morgan fingerprint density at radius 1 is 1.19 bits per heavy atom. The fourth-order valence-electron chi connectivity index (χ4n) is 3.82. The fourth-order valence-corrected chi connectivity index (χ4v) is 3.82. The largest absolute Gasteiger partial charge is 0.358 e. The molecule has 5 rings (SSSR count). The van der Waals surface area contributed by atoms with Crippen LogP contribution in [-0.4, -0.2) is 61.6 Å². The molecule has 0 atom stereocenters. The van der Waals surface area contributed by atoms with Gasteiger partial charge in [0.15, 0.2) is 0 Å². The predicted octanol–water partition coefficient (Wildman–Crippen LogP) is 2.36. The molecule has 4 aromatic heterocycles. The SMILES string of the molecule is C=CC(=O)N1CCCC1.O=CNCCc1cc2c(-c3cnn4ncccc34)ccnc2[nH]1. The summed E-state index contributed by atoms with van der Waals surface area (Å²) in [6.07, 6.45) is 10.4. The van der Waals surface area contributed by atoms with E-state index in [1.54, 1.807) is 17.0 Å². The smallest absolute Gasteiger partial charge is 0.245 e. The lowest BCUT2D eigenvalue weighted by molar-refractivity contribution is -0.125. The number of rotatable bonds is 6. The van der Waals surface area contributed by atoms with E-state index in [1.165, 1.54) is 6.08 Å². The van der Waals surface area contributed by atoms with Crippen LogP contribution in [0, 0.1) is 0 Å². The molecule has 9 nitrogen and oxygen atoms in total. The molecule has 0 bridgehead atoms. The van der Waals surface area contributed by atoms with Gasteiger partial charge in [0.1, 0.15) is 5.65 Å². The Labute approximate surface area is 185 Å². The molecule has 0 spiro atoms. The first-order valence-corrected chi connectivity index (χ1v) is 10.6. The number of carbonyl (C=O) groups is 2. The summed E-state index contributed by atoms with van der Waals surface area (Å²) < 4.78 is 1.61.